The molecular weight excluding hydrogens is 135 g/mol. The van der Waals surface area contributed by atoms with E-state index in [1.54, 1.807) is 13.0 Å². The van der Waals surface area contributed by atoms with E-state index in [9.17, 15) is 0 Å². The van der Waals surface area contributed by atoms with Gasteiger partial charge in [0.25, 0.3) is 0 Å². The third-order valence-corrected chi connectivity index (χ3v) is 1.20. The van der Waals surface area contributed by atoms with Gasteiger partial charge >= 0.3 is 65.3 Å². The van der Waals surface area contributed by atoms with E-state index in [1.165, 1.54) is 0 Å². The Morgan fingerprint density at radius 3 is 2.64 bits per heavy atom. The quantitative estimate of drug-likeness (QED) is 0.272. The molecule has 0 radical (unpaired) electrons. The fraction of sp³-hybridized carbons (Fsp3) is 0. The van der Waals surface area contributed by atoms with Crippen molar-refractivity contribution in [1.82, 2.24) is 0 Å². The predicted octanol–water partition coefficient (Wildman–Crippen LogP) is 0.803. The molecule has 1 aliphatic rings. The molecule has 0 aromatic rings. The second-order valence-electron chi connectivity index (χ2n) is 2.01. The summed E-state index contributed by atoms with van der Waals surface area (Å²) in [5.74, 6) is 1.81. The van der Waals surface area contributed by atoms with Gasteiger partial charge in [-0.2, -0.15) is 0 Å². The van der Waals surface area contributed by atoms with Crippen LogP contribution < -0.4 is 0 Å². The van der Waals surface area contributed by atoms with Gasteiger partial charge in [-0.15, -0.1) is 0 Å². The number of rotatable bonds is 0. The van der Waals surface area contributed by atoms with Crippen molar-refractivity contribution >= 4 is 18.5 Å². The second kappa shape index (κ2) is 4.37. The predicted molar refractivity (Wildman–Crippen MR) is 47.9 cm³/mol. The molecule has 0 unspecified atom stereocenters. The second-order valence-corrected chi connectivity index (χ2v) is 2.01. The molecule has 1 heterocycles. The summed E-state index contributed by atoms with van der Waals surface area (Å²) in [7, 11) is 0. The molecule has 0 atom stereocenters. The zero-order valence-electron chi connectivity index (χ0n) is 6.01. The summed E-state index contributed by atoms with van der Waals surface area (Å²) in [6.07, 6.45) is 11.1. The molecule has 0 spiro atoms. The average molecular weight is 142 g/mol. The van der Waals surface area contributed by atoms with Crippen LogP contribution in [0.25, 0.3) is 5.53 Å². The van der Waals surface area contributed by atoms with Gasteiger partial charge < -0.3 is 0 Å². The van der Waals surface area contributed by atoms with Gasteiger partial charge in [-0.3, -0.25) is 0 Å². The maximum atomic E-state index is 8.44. The van der Waals surface area contributed by atoms with Crippen molar-refractivity contribution in [3.8, 4) is 0 Å². The van der Waals surface area contributed by atoms with Crippen LogP contribution >= 0.6 is 0 Å². The van der Waals surface area contributed by atoms with Crippen molar-refractivity contribution in [2.24, 2.45) is 0 Å². The van der Waals surface area contributed by atoms with Crippen LogP contribution in [0.1, 0.15) is 0 Å². The minimum atomic E-state index is 0.543. The van der Waals surface area contributed by atoms with E-state index in [0.717, 1.165) is 0 Å². The zero-order chi connectivity index (χ0) is 7.94. The van der Waals surface area contributed by atoms with Crippen molar-refractivity contribution in [2.45, 2.75) is 0 Å². The zero-order valence-corrected chi connectivity index (χ0v) is 6.01. The normalized spacial score (nSPS) is 23.5. The molecule has 0 aromatic carbocycles. The van der Waals surface area contributed by atoms with Gasteiger partial charge in [-0.05, 0) is 0 Å². The summed E-state index contributed by atoms with van der Waals surface area (Å²) in [5, 5.41) is 0. The third kappa shape index (κ3) is 2.74. The SMILES string of the molecule is [N-]=[N+]=C1B=C\C=C/C=C\C=C/1. The first-order valence-corrected chi connectivity index (χ1v) is 3.33. The van der Waals surface area contributed by atoms with E-state index < -0.39 is 0 Å². The maximum absolute atomic E-state index is 8.44. The molecule has 0 saturated carbocycles. The van der Waals surface area contributed by atoms with Crippen molar-refractivity contribution in [3.63, 3.8) is 0 Å². The summed E-state index contributed by atoms with van der Waals surface area (Å²) in [6.45, 7) is 1.72. The number of hydrogen-bond acceptors (Lipinski definition) is 0. The molecule has 1 rings (SSSR count). The van der Waals surface area contributed by atoms with Crippen LogP contribution in [0.15, 0.2) is 36.5 Å². The van der Waals surface area contributed by atoms with E-state index in [-0.39, 0.29) is 0 Å². The third-order valence-electron chi connectivity index (χ3n) is 1.20. The molecule has 0 amide bonds. The molecule has 11 heavy (non-hydrogen) atoms. The van der Waals surface area contributed by atoms with E-state index in [4.69, 9.17) is 5.53 Å². The minimum absolute atomic E-state index is 0.543. The van der Waals surface area contributed by atoms with Crippen LogP contribution in [0.3, 0.4) is 0 Å². The van der Waals surface area contributed by atoms with Gasteiger partial charge in [-0.25, -0.2) is 0 Å². The van der Waals surface area contributed by atoms with Gasteiger partial charge in [0.05, 0.1) is 0 Å². The summed E-state index contributed by atoms with van der Waals surface area (Å²) in [6, 6.07) is 0. The van der Waals surface area contributed by atoms with Crippen LogP contribution in [-0.2, 0) is 0 Å². The summed E-state index contributed by atoms with van der Waals surface area (Å²) in [5.41, 5.74) is 8.98. The Bertz CT molecular complexity index is 267. The van der Waals surface area contributed by atoms with Crippen LogP contribution in [0.5, 0.6) is 0 Å². The average Bonchev–Trinajstić information content (AvgIpc) is 2.16. The van der Waals surface area contributed by atoms with Gasteiger partial charge in [0.15, 0.2) is 0 Å². The van der Waals surface area contributed by atoms with E-state index >= 15 is 0 Å². The summed E-state index contributed by atoms with van der Waals surface area (Å²) >= 11 is 0. The van der Waals surface area contributed by atoms with Crippen molar-refractivity contribution in [2.75, 3.05) is 0 Å². The summed E-state index contributed by atoms with van der Waals surface area (Å²) < 4.78 is 0. The molecule has 52 valence electrons. The van der Waals surface area contributed by atoms with Crippen molar-refractivity contribution < 1.29 is 4.79 Å². The van der Waals surface area contributed by atoms with E-state index in [0.29, 0.717) is 5.61 Å². The Balaban J connectivity index is 2.94. The molecule has 0 bridgehead atoms. The Kier molecular flexibility index (Phi) is 3.03. The standard InChI is InChI=1S/C8H7BN2/c10-11-8-6-4-2-1-3-5-7-9-8/h1-7H/b2-1-,5-3-,6-4-. The Morgan fingerprint density at radius 1 is 1.09 bits per heavy atom. The Labute approximate surface area is 66.1 Å². The van der Waals surface area contributed by atoms with Gasteiger partial charge in [0.2, 0.25) is 0 Å². The fourth-order valence-corrected chi connectivity index (χ4v) is 0.687. The topological polar surface area (TPSA) is 36.4 Å². The van der Waals surface area contributed by atoms with Crippen LogP contribution in [-0.4, -0.2) is 23.3 Å². The molecule has 3 heteroatoms. The first-order chi connectivity index (χ1) is 5.43. The Morgan fingerprint density at radius 2 is 1.82 bits per heavy atom. The number of nitrogens with zero attached hydrogens (tertiary/aromatic N) is 2. The van der Waals surface area contributed by atoms with E-state index in [2.05, 4.69) is 4.79 Å². The summed E-state index contributed by atoms with van der Waals surface area (Å²) in [4.78, 5) is 3.07. The van der Waals surface area contributed by atoms with Crippen LogP contribution in [0, 0.1) is 0 Å². The van der Waals surface area contributed by atoms with Crippen LogP contribution in [0.4, 0.5) is 0 Å². The first kappa shape index (κ1) is 7.64. The molecule has 2 nitrogen and oxygen atoms in total. The molecule has 1 aliphatic heterocycles. The molecule has 0 saturated heterocycles. The molecule has 0 N–H and O–H groups in total. The Hall–Kier alpha value is -1.47. The van der Waals surface area contributed by atoms with Gasteiger partial charge in [0.1, 0.15) is 0 Å². The van der Waals surface area contributed by atoms with Crippen LogP contribution in [0.2, 0.25) is 0 Å². The molecule has 0 aromatic heterocycles. The molecule has 0 fully saturated rings. The monoisotopic (exact) mass is 142 g/mol. The number of allylic oxidation sites excluding steroid dienone is 6. The van der Waals surface area contributed by atoms with Crippen molar-refractivity contribution in [3.05, 3.63) is 42.0 Å². The van der Waals surface area contributed by atoms with Gasteiger partial charge in [0, 0.05) is 0 Å². The van der Waals surface area contributed by atoms with Gasteiger partial charge in [-0.1, -0.05) is 0 Å². The van der Waals surface area contributed by atoms with E-state index in [1.807, 2.05) is 36.3 Å². The molecule has 0 aliphatic carbocycles. The molecular formula is C8H7BN2. The first-order valence-electron chi connectivity index (χ1n) is 3.33. The number of hydrogen-bond donors (Lipinski definition) is 0. The van der Waals surface area contributed by atoms with Crippen molar-refractivity contribution in [1.29, 1.82) is 0 Å². The fourth-order valence-electron chi connectivity index (χ4n) is 0.687.